The fourth-order valence-corrected chi connectivity index (χ4v) is 11.3. The highest BCUT2D eigenvalue weighted by Crippen LogP contribution is 2.62. The number of nitrogens with zero attached hydrogens (tertiary/aromatic N) is 3. The lowest BCUT2D eigenvalue weighted by molar-refractivity contribution is 0.669. The molecule has 0 bridgehead atoms. The zero-order valence-corrected chi connectivity index (χ0v) is 36.8. The van der Waals surface area contributed by atoms with Gasteiger partial charge in [0.2, 0.25) is 0 Å². The van der Waals surface area contributed by atoms with Crippen LogP contribution in [-0.4, -0.2) is 15.0 Å². The molecule has 0 unspecified atom stereocenters. The zero-order chi connectivity index (χ0) is 44.8. The molecule has 2 aliphatic rings. The summed E-state index contributed by atoms with van der Waals surface area (Å²) in [6, 6.07) is 84.7. The molecule has 1 spiro atoms. The minimum atomic E-state index is -0.650. The van der Waals surface area contributed by atoms with Gasteiger partial charge in [-0.1, -0.05) is 206 Å². The molecule has 2 aliphatic carbocycles. The Labute approximate surface area is 393 Å². The number of furan rings is 1. The van der Waals surface area contributed by atoms with Gasteiger partial charge in [0, 0.05) is 27.5 Å². The Balaban J connectivity index is 1.08. The largest absolute Gasteiger partial charge is 0.456 e. The van der Waals surface area contributed by atoms with E-state index in [1.54, 1.807) is 0 Å². The Morgan fingerprint density at radius 3 is 1.35 bits per heavy atom. The van der Waals surface area contributed by atoms with Crippen LogP contribution in [0, 0.1) is 0 Å². The molecule has 10 aromatic carbocycles. The molecule has 0 N–H and O–H groups in total. The molecule has 2 heterocycles. The van der Waals surface area contributed by atoms with E-state index in [1.807, 2.05) is 24.3 Å². The van der Waals surface area contributed by atoms with Gasteiger partial charge in [0.25, 0.3) is 0 Å². The van der Waals surface area contributed by atoms with Gasteiger partial charge >= 0.3 is 0 Å². The molecule has 12 aromatic rings. The lowest BCUT2D eigenvalue weighted by Gasteiger charge is -2.35. The Hall–Kier alpha value is -8.99. The fourth-order valence-electron chi connectivity index (χ4n) is 11.3. The first-order chi connectivity index (χ1) is 33.7. The Morgan fingerprint density at radius 1 is 0.279 bits per heavy atom. The Kier molecular flexibility index (Phi) is 8.46. The van der Waals surface area contributed by atoms with E-state index in [4.69, 9.17) is 19.4 Å². The van der Waals surface area contributed by atoms with E-state index in [-0.39, 0.29) is 0 Å². The van der Waals surface area contributed by atoms with Crippen molar-refractivity contribution in [3.05, 3.63) is 259 Å². The van der Waals surface area contributed by atoms with E-state index in [9.17, 15) is 0 Å². The number of hydrogen-bond donors (Lipinski definition) is 0. The minimum absolute atomic E-state index is 0.577. The van der Waals surface area contributed by atoms with Gasteiger partial charge in [-0.25, -0.2) is 15.0 Å². The second kappa shape index (κ2) is 15.0. The minimum Gasteiger partial charge on any atom is -0.456 e. The van der Waals surface area contributed by atoms with E-state index >= 15 is 0 Å². The lowest BCUT2D eigenvalue weighted by atomic mass is 9.66. The van der Waals surface area contributed by atoms with E-state index < -0.39 is 5.41 Å². The molecule has 68 heavy (non-hydrogen) atoms. The molecule has 316 valence electrons. The maximum atomic E-state index is 6.46. The van der Waals surface area contributed by atoms with E-state index in [2.05, 4.69) is 212 Å². The van der Waals surface area contributed by atoms with Crippen molar-refractivity contribution in [3.63, 3.8) is 0 Å². The van der Waals surface area contributed by atoms with Crippen molar-refractivity contribution in [2.24, 2.45) is 0 Å². The summed E-state index contributed by atoms with van der Waals surface area (Å²) in [5, 5.41) is 1.99. The molecule has 0 amide bonds. The third-order valence-corrected chi connectivity index (χ3v) is 14.2. The number of rotatable bonds is 5. The Bertz CT molecular complexity index is 3860. The van der Waals surface area contributed by atoms with Crippen molar-refractivity contribution in [2.45, 2.75) is 5.41 Å². The summed E-state index contributed by atoms with van der Waals surface area (Å²) in [7, 11) is 0. The smallest absolute Gasteiger partial charge is 0.164 e. The van der Waals surface area contributed by atoms with Crippen LogP contribution in [0.1, 0.15) is 22.3 Å². The zero-order valence-electron chi connectivity index (χ0n) is 36.8. The molecule has 0 aliphatic heterocycles. The highest BCUT2D eigenvalue weighted by molar-refractivity contribution is 6.12. The van der Waals surface area contributed by atoms with Crippen molar-refractivity contribution >= 4 is 21.9 Å². The average Bonchev–Trinajstić information content (AvgIpc) is 3.92. The number of fused-ring (bicyclic) bond motifs is 15. The van der Waals surface area contributed by atoms with Gasteiger partial charge < -0.3 is 4.42 Å². The van der Waals surface area contributed by atoms with Gasteiger partial charge in [0.05, 0.1) is 5.41 Å². The highest BCUT2D eigenvalue weighted by Gasteiger charge is 2.50. The number of aromatic nitrogens is 3. The predicted octanol–water partition coefficient (Wildman–Crippen LogP) is 16.1. The molecule has 4 heteroatoms. The lowest BCUT2D eigenvalue weighted by Crippen LogP contribution is -2.29. The van der Waals surface area contributed by atoms with Crippen molar-refractivity contribution in [2.75, 3.05) is 0 Å². The molecule has 4 nitrogen and oxygen atoms in total. The van der Waals surface area contributed by atoms with Crippen LogP contribution < -0.4 is 0 Å². The van der Waals surface area contributed by atoms with Gasteiger partial charge in [-0.05, 0) is 108 Å². The van der Waals surface area contributed by atoms with Crippen LogP contribution in [0.2, 0.25) is 0 Å². The monoisotopic (exact) mass is 865 g/mol. The van der Waals surface area contributed by atoms with Crippen LogP contribution in [0.15, 0.2) is 241 Å². The molecule has 0 saturated carbocycles. The summed E-state index contributed by atoms with van der Waals surface area (Å²) in [4.78, 5) is 16.6. The summed E-state index contributed by atoms with van der Waals surface area (Å²) < 4.78 is 6.46. The quantitative estimate of drug-likeness (QED) is 0.173. The third kappa shape index (κ3) is 5.64. The number of para-hydroxylation sites is 1. The maximum absolute atomic E-state index is 6.46. The summed E-state index contributed by atoms with van der Waals surface area (Å²) in [5.41, 5.74) is 20.2. The highest BCUT2D eigenvalue weighted by atomic mass is 16.3. The molecule has 0 saturated heterocycles. The second-order valence-electron chi connectivity index (χ2n) is 17.8. The molecule has 2 aromatic heterocycles. The second-order valence-corrected chi connectivity index (χ2v) is 17.8. The molecule has 14 rings (SSSR count). The van der Waals surface area contributed by atoms with Crippen molar-refractivity contribution in [1.82, 2.24) is 15.0 Å². The Morgan fingerprint density at radius 2 is 0.706 bits per heavy atom. The summed E-state index contributed by atoms with van der Waals surface area (Å²) in [5.74, 6) is 1.76. The van der Waals surface area contributed by atoms with Crippen LogP contribution in [-0.2, 0) is 5.41 Å². The molecule has 0 fully saturated rings. The van der Waals surface area contributed by atoms with Crippen molar-refractivity contribution in [3.8, 4) is 89.8 Å². The summed E-state index contributed by atoms with van der Waals surface area (Å²) in [6.45, 7) is 0. The first-order valence-electron chi connectivity index (χ1n) is 23.2. The van der Waals surface area contributed by atoms with Gasteiger partial charge in [-0.15, -0.1) is 0 Å². The molecular weight excluding hydrogens is 827 g/mol. The van der Waals surface area contributed by atoms with Gasteiger partial charge in [-0.2, -0.15) is 0 Å². The topological polar surface area (TPSA) is 51.8 Å². The van der Waals surface area contributed by atoms with Crippen LogP contribution in [0.25, 0.3) is 112 Å². The van der Waals surface area contributed by atoms with Crippen molar-refractivity contribution in [1.29, 1.82) is 0 Å². The number of benzene rings is 10. The molecule has 0 radical (unpaired) electrons. The first kappa shape index (κ1) is 38.3. The van der Waals surface area contributed by atoms with Gasteiger partial charge in [-0.3, -0.25) is 0 Å². The SMILES string of the molecule is c1ccc(-c2cc(-c3ccccc3)cc(-c3nc(-c4cccc5c4-c4ccccc4C54c5ccccc5-c5ccccc5-c5ccccc54)nc(-c4cccc5oc6ccccc6c45)n3)c2)cc1. The molecular formula is C64H39N3O. The van der Waals surface area contributed by atoms with Crippen LogP contribution in [0.3, 0.4) is 0 Å². The summed E-state index contributed by atoms with van der Waals surface area (Å²) in [6.07, 6.45) is 0. The van der Waals surface area contributed by atoms with E-state index in [0.717, 1.165) is 72.0 Å². The van der Waals surface area contributed by atoms with Crippen molar-refractivity contribution < 1.29 is 4.42 Å². The van der Waals surface area contributed by atoms with Gasteiger partial charge in [0.1, 0.15) is 11.2 Å². The normalized spacial score (nSPS) is 12.8. The molecule has 0 atom stereocenters. The number of hydrogen-bond acceptors (Lipinski definition) is 4. The third-order valence-electron chi connectivity index (χ3n) is 14.2. The van der Waals surface area contributed by atoms with Gasteiger partial charge in [0.15, 0.2) is 17.5 Å². The fraction of sp³-hybridized carbons (Fsp3) is 0.0156. The van der Waals surface area contributed by atoms with Crippen LogP contribution in [0.4, 0.5) is 0 Å². The average molecular weight is 866 g/mol. The van der Waals surface area contributed by atoms with E-state index in [0.29, 0.717) is 17.5 Å². The van der Waals surface area contributed by atoms with E-state index in [1.165, 1.54) is 44.5 Å². The van der Waals surface area contributed by atoms with Crippen LogP contribution in [0.5, 0.6) is 0 Å². The standard InChI is InChI=1S/C64H39N3O/c1-3-19-40(20-4-1)42-37-43(41-21-5-2-6-22-41)39-44(38-42)61-65-62(67-63(66-61)52-30-18-36-58-60(52)50-28-12-16-35-57(50)68-58)51-29-17-34-56-59(51)49-27-11-15-33-55(49)64(56)53-31-13-9-25-47(53)45-23-7-8-24-46(45)48-26-10-14-32-54(48)64/h1-39H. The maximum Gasteiger partial charge on any atom is 0.164 e. The summed E-state index contributed by atoms with van der Waals surface area (Å²) >= 11 is 0. The van der Waals surface area contributed by atoms with Crippen LogP contribution >= 0.6 is 0 Å². The predicted molar refractivity (Wildman–Crippen MR) is 276 cm³/mol. The first-order valence-corrected chi connectivity index (χ1v) is 23.2.